The fraction of sp³-hybridized carbons (Fsp3) is 0.500. The zero-order chi connectivity index (χ0) is 13.1. The van der Waals surface area contributed by atoms with Crippen LogP contribution in [-0.2, 0) is 0 Å². The molecular formula is C14H16F2O2. The van der Waals surface area contributed by atoms with Crippen LogP contribution in [0.4, 0.5) is 8.78 Å². The Hall–Kier alpha value is -1.45. The topological polar surface area (TPSA) is 37.3 Å². The minimum atomic E-state index is -2.39. The van der Waals surface area contributed by atoms with Crippen LogP contribution in [-0.4, -0.2) is 17.5 Å². The van der Waals surface area contributed by atoms with Crippen molar-refractivity contribution in [2.24, 2.45) is 5.92 Å². The molecule has 1 saturated carbocycles. The Bertz CT molecular complexity index is 408. The molecule has 1 atom stereocenters. The van der Waals surface area contributed by atoms with E-state index >= 15 is 0 Å². The smallest absolute Gasteiger partial charge is 0.335 e. The fourth-order valence-corrected chi connectivity index (χ4v) is 2.79. The Kier molecular flexibility index (Phi) is 3.94. The molecule has 0 saturated heterocycles. The summed E-state index contributed by atoms with van der Waals surface area (Å²) in [6.07, 6.45) is 1.33. The molecule has 0 spiro atoms. The molecule has 0 radical (unpaired) electrons. The molecule has 1 N–H and O–H groups in total. The van der Waals surface area contributed by atoms with E-state index in [9.17, 15) is 13.6 Å². The van der Waals surface area contributed by atoms with E-state index in [0.717, 1.165) is 25.7 Å². The number of benzene rings is 1. The van der Waals surface area contributed by atoms with Crippen LogP contribution in [0.2, 0.25) is 0 Å². The van der Waals surface area contributed by atoms with E-state index in [2.05, 4.69) is 0 Å². The van der Waals surface area contributed by atoms with Gasteiger partial charge in [-0.3, -0.25) is 0 Å². The predicted octanol–water partition coefficient (Wildman–Crippen LogP) is 3.92. The van der Waals surface area contributed by atoms with Gasteiger partial charge in [-0.05, 0) is 36.5 Å². The van der Waals surface area contributed by atoms with Crippen LogP contribution in [0, 0.1) is 5.92 Å². The van der Waals surface area contributed by atoms with Gasteiger partial charge >= 0.3 is 5.97 Å². The zero-order valence-corrected chi connectivity index (χ0v) is 9.98. The average molecular weight is 254 g/mol. The van der Waals surface area contributed by atoms with Crippen LogP contribution < -0.4 is 0 Å². The third kappa shape index (κ3) is 2.68. The molecular weight excluding hydrogens is 238 g/mol. The third-order valence-electron chi connectivity index (χ3n) is 3.72. The van der Waals surface area contributed by atoms with Gasteiger partial charge in [-0.2, -0.15) is 0 Å². The Morgan fingerprint density at radius 3 is 2.17 bits per heavy atom. The number of rotatable bonds is 4. The van der Waals surface area contributed by atoms with Crippen molar-refractivity contribution >= 4 is 5.97 Å². The van der Waals surface area contributed by atoms with Crippen molar-refractivity contribution in [3.8, 4) is 0 Å². The number of carboxylic acid groups (broad SMARTS) is 1. The van der Waals surface area contributed by atoms with E-state index in [1.807, 2.05) is 0 Å². The molecule has 1 aromatic rings. The summed E-state index contributed by atoms with van der Waals surface area (Å²) >= 11 is 0. The van der Waals surface area contributed by atoms with E-state index in [4.69, 9.17) is 5.11 Å². The molecule has 0 heterocycles. The molecule has 1 fully saturated rings. The molecule has 0 aliphatic heterocycles. The van der Waals surface area contributed by atoms with E-state index in [0.29, 0.717) is 5.56 Å². The summed E-state index contributed by atoms with van der Waals surface area (Å²) in [6, 6.07) is 5.86. The van der Waals surface area contributed by atoms with Gasteiger partial charge in [0.1, 0.15) is 0 Å². The first-order chi connectivity index (χ1) is 8.59. The van der Waals surface area contributed by atoms with Crippen molar-refractivity contribution in [2.45, 2.75) is 38.0 Å². The first kappa shape index (κ1) is 13.0. The summed E-state index contributed by atoms with van der Waals surface area (Å²) in [6.45, 7) is 0. The monoisotopic (exact) mass is 254 g/mol. The zero-order valence-electron chi connectivity index (χ0n) is 9.98. The van der Waals surface area contributed by atoms with Crippen LogP contribution in [0.3, 0.4) is 0 Å². The largest absolute Gasteiger partial charge is 0.478 e. The van der Waals surface area contributed by atoms with Crippen LogP contribution in [0.25, 0.3) is 0 Å². The molecule has 1 aliphatic rings. The molecule has 1 aliphatic carbocycles. The Balaban J connectivity index is 2.22. The average Bonchev–Trinajstić information content (AvgIpc) is 2.83. The number of aromatic carboxylic acids is 1. The lowest BCUT2D eigenvalue weighted by atomic mass is 9.85. The number of hydrogen-bond donors (Lipinski definition) is 1. The number of carboxylic acids is 1. The van der Waals surface area contributed by atoms with Crippen LogP contribution >= 0.6 is 0 Å². The molecule has 2 nitrogen and oxygen atoms in total. The van der Waals surface area contributed by atoms with Crippen LogP contribution in [0.15, 0.2) is 24.3 Å². The molecule has 98 valence electrons. The number of carbonyl (C=O) groups is 1. The maximum atomic E-state index is 13.2. The molecule has 0 aromatic heterocycles. The Morgan fingerprint density at radius 2 is 1.72 bits per heavy atom. The standard InChI is InChI=1S/C14H16F2O2/c15-13(16)12(9-3-1-2-4-9)10-5-7-11(8-6-10)14(17)18/h5-9,12-13H,1-4H2,(H,17,18). The maximum absolute atomic E-state index is 13.2. The fourth-order valence-electron chi connectivity index (χ4n) is 2.79. The van der Waals surface area contributed by atoms with Gasteiger partial charge in [0.05, 0.1) is 5.56 Å². The van der Waals surface area contributed by atoms with Gasteiger partial charge in [0.15, 0.2) is 0 Å². The normalized spacial score (nSPS) is 18.2. The second-order valence-corrected chi connectivity index (χ2v) is 4.83. The summed E-state index contributed by atoms with van der Waals surface area (Å²) < 4.78 is 26.4. The molecule has 2 rings (SSSR count). The third-order valence-corrected chi connectivity index (χ3v) is 3.72. The van der Waals surface area contributed by atoms with Crippen molar-refractivity contribution in [3.05, 3.63) is 35.4 Å². The van der Waals surface area contributed by atoms with E-state index in [-0.39, 0.29) is 11.5 Å². The van der Waals surface area contributed by atoms with Gasteiger partial charge in [0.2, 0.25) is 6.43 Å². The number of alkyl halides is 2. The summed E-state index contributed by atoms with van der Waals surface area (Å²) in [5, 5.41) is 8.79. The van der Waals surface area contributed by atoms with E-state index in [1.54, 1.807) is 0 Å². The van der Waals surface area contributed by atoms with Gasteiger partial charge in [-0.15, -0.1) is 0 Å². The second kappa shape index (κ2) is 5.46. The van der Waals surface area contributed by atoms with Gasteiger partial charge in [0, 0.05) is 5.92 Å². The highest BCUT2D eigenvalue weighted by atomic mass is 19.3. The Labute approximate surface area is 105 Å². The van der Waals surface area contributed by atoms with E-state index in [1.165, 1.54) is 24.3 Å². The summed E-state index contributed by atoms with van der Waals surface area (Å²) in [5.41, 5.74) is 0.695. The molecule has 0 amide bonds. The summed E-state index contributed by atoms with van der Waals surface area (Å²) in [7, 11) is 0. The molecule has 18 heavy (non-hydrogen) atoms. The SMILES string of the molecule is O=C(O)c1ccc(C(C(F)F)C2CCCC2)cc1. The highest BCUT2D eigenvalue weighted by molar-refractivity contribution is 5.87. The van der Waals surface area contributed by atoms with Crippen molar-refractivity contribution in [1.29, 1.82) is 0 Å². The van der Waals surface area contributed by atoms with Crippen molar-refractivity contribution in [3.63, 3.8) is 0 Å². The van der Waals surface area contributed by atoms with Crippen molar-refractivity contribution in [2.75, 3.05) is 0 Å². The quantitative estimate of drug-likeness (QED) is 0.884. The highest BCUT2D eigenvalue weighted by Gasteiger charge is 2.33. The molecule has 1 unspecified atom stereocenters. The van der Waals surface area contributed by atoms with Crippen molar-refractivity contribution < 1.29 is 18.7 Å². The number of halogens is 2. The minimum absolute atomic E-state index is 0.0284. The second-order valence-electron chi connectivity index (χ2n) is 4.83. The van der Waals surface area contributed by atoms with Crippen LogP contribution in [0.1, 0.15) is 47.5 Å². The van der Waals surface area contributed by atoms with Gasteiger partial charge in [-0.25, -0.2) is 13.6 Å². The molecule has 4 heteroatoms. The lowest BCUT2D eigenvalue weighted by molar-refractivity contribution is 0.0697. The van der Waals surface area contributed by atoms with Crippen molar-refractivity contribution in [1.82, 2.24) is 0 Å². The highest BCUT2D eigenvalue weighted by Crippen LogP contribution is 2.40. The summed E-state index contributed by atoms with van der Waals surface area (Å²) in [4.78, 5) is 10.7. The Morgan fingerprint density at radius 1 is 1.17 bits per heavy atom. The van der Waals surface area contributed by atoms with Crippen LogP contribution in [0.5, 0.6) is 0 Å². The molecule has 1 aromatic carbocycles. The van der Waals surface area contributed by atoms with Gasteiger partial charge in [-0.1, -0.05) is 25.0 Å². The maximum Gasteiger partial charge on any atom is 0.335 e. The lowest BCUT2D eigenvalue weighted by Crippen LogP contribution is -2.18. The minimum Gasteiger partial charge on any atom is -0.478 e. The summed E-state index contributed by atoms with van der Waals surface area (Å²) in [5.74, 6) is -1.76. The van der Waals surface area contributed by atoms with Gasteiger partial charge < -0.3 is 5.11 Å². The number of hydrogen-bond acceptors (Lipinski definition) is 1. The van der Waals surface area contributed by atoms with E-state index < -0.39 is 18.3 Å². The predicted molar refractivity (Wildman–Crippen MR) is 64.1 cm³/mol. The first-order valence-corrected chi connectivity index (χ1v) is 6.21. The van der Waals surface area contributed by atoms with Gasteiger partial charge in [0.25, 0.3) is 0 Å². The lowest BCUT2D eigenvalue weighted by Gasteiger charge is -2.23. The first-order valence-electron chi connectivity index (χ1n) is 6.21. The molecule has 0 bridgehead atoms.